The van der Waals surface area contributed by atoms with Gasteiger partial charge in [0.2, 0.25) is 15.9 Å². The van der Waals surface area contributed by atoms with Gasteiger partial charge in [-0.3, -0.25) is 14.3 Å². The summed E-state index contributed by atoms with van der Waals surface area (Å²) in [6.07, 6.45) is -0.0220. The first kappa shape index (κ1) is 29.1. The largest absolute Gasteiger partial charge is 0.493 e. The number of nitrogens with zero attached hydrogens (tertiary/aromatic N) is 1. The first-order valence-electron chi connectivity index (χ1n) is 13.9. The number of amides is 2. The highest BCUT2D eigenvalue weighted by Crippen LogP contribution is 2.46. The molecule has 1 aliphatic rings. The van der Waals surface area contributed by atoms with Crippen LogP contribution in [-0.4, -0.2) is 33.4 Å². The minimum Gasteiger partial charge on any atom is -0.493 e. The van der Waals surface area contributed by atoms with Gasteiger partial charge < -0.3 is 14.4 Å². The zero-order valence-corrected chi connectivity index (χ0v) is 25.0. The van der Waals surface area contributed by atoms with E-state index in [9.17, 15) is 18.0 Å². The van der Waals surface area contributed by atoms with Gasteiger partial charge in [0.25, 0.3) is 5.91 Å². The van der Waals surface area contributed by atoms with Crippen molar-refractivity contribution in [2.75, 3.05) is 18.1 Å². The molecule has 0 bridgehead atoms. The molecule has 42 heavy (non-hydrogen) atoms. The Balaban J connectivity index is 1.35. The normalized spacial score (nSPS) is 12.9. The van der Waals surface area contributed by atoms with Gasteiger partial charge in [-0.25, -0.2) is 8.42 Å². The highest BCUT2D eigenvalue weighted by atomic mass is 32.2. The van der Waals surface area contributed by atoms with Crippen LogP contribution in [0.1, 0.15) is 52.0 Å². The molecule has 218 valence electrons. The molecular formula is C33H34N2O6S. The highest BCUT2D eigenvalue weighted by molar-refractivity contribution is 7.89. The predicted molar refractivity (Wildman–Crippen MR) is 164 cm³/mol. The van der Waals surface area contributed by atoms with Crippen LogP contribution in [0.15, 0.2) is 66.7 Å². The number of hydrogen-bond acceptors (Lipinski definition) is 6. The molecular weight excluding hydrogens is 552 g/mol. The Hall–Kier alpha value is -4.37. The fourth-order valence-electron chi connectivity index (χ4n) is 5.38. The molecule has 2 amide bonds. The third-order valence-corrected chi connectivity index (χ3v) is 8.55. The molecule has 4 aromatic rings. The monoisotopic (exact) mass is 586 g/mol. The van der Waals surface area contributed by atoms with Gasteiger partial charge in [-0.05, 0) is 56.5 Å². The number of aryl methyl sites for hydroxylation is 2. The summed E-state index contributed by atoms with van der Waals surface area (Å²) >= 11 is 0. The van der Waals surface area contributed by atoms with Crippen LogP contribution >= 0.6 is 0 Å². The Bertz CT molecular complexity index is 1780. The molecule has 0 spiro atoms. The number of rotatable bonds is 10. The van der Waals surface area contributed by atoms with E-state index in [1.807, 2.05) is 70.2 Å². The lowest BCUT2D eigenvalue weighted by Crippen LogP contribution is -2.33. The lowest BCUT2D eigenvalue weighted by molar-refractivity contribution is -0.118. The summed E-state index contributed by atoms with van der Waals surface area (Å²) in [5.74, 6) is 0.0524. The zero-order chi connectivity index (χ0) is 30.0. The maximum absolute atomic E-state index is 13.8. The van der Waals surface area contributed by atoms with E-state index in [0.29, 0.717) is 48.1 Å². The van der Waals surface area contributed by atoms with Gasteiger partial charge in [0.05, 0.1) is 37.5 Å². The van der Waals surface area contributed by atoms with E-state index in [4.69, 9.17) is 9.47 Å². The van der Waals surface area contributed by atoms with Crippen LogP contribution < -0.4 is 19.1 Å². The van der Waals surface area contributed by atoms with Crippen LogP contribution in [0.5, 0.6) is 11.5 Å². The third-order valence-electron chi connectivity index (χ3n) is 7.30. The molecule has 0 radical (unpaired) electrons. The molecule has 4 aromatic carbocycles. The maximum atomic E-state index is 13.8. The Morgan fingerprint density at radius 3 is 2.21 bits per heavy atom. The van der Waals surface area contributed by atoms with E-state index in [-0.39, 0.29) is 18.1 Å². The standard InChI is InChI=1S/C33H34N2O6S/c1-5-40-31-26-9-7-8-10-27(26)32(41-6-2)30-28(31)19-35(33(30)37)25-15-13-23(14-16-25)20-42(38,39)34-29(36)18-24-17-21(3)11-12-22(24)4/h7-17H,5-6,18-20H2,1-4H3,(H,34,36). The van der Waals surface area contributed by atoms with Crippen molar-refractivity contribution in [3.63, 3.8) is 0 Å². The van der Waals surface area contributed by atoms with Crippen molar-refractivity contribution in [2.45, 2.75) is 46.4 Å². The first-order chi connectivity index (χ1) is 20.1. The quantitative estimate of drug-likeness (QED) is 0.260. The van der Waals surface area contributed by atoms with Crippen LogP contribution in [0.2, 0.25) is 0 Å². The minimum absolute atomic E-state index is 0.0220. The molecule has 1 N–H and O–H groups in total. The highest BCUT2D eigenvalue weighted by Gasteiger charge is 2.36. The number of ether oxygens (including phenoxy) is 2. The molecule has 0 saturated carbocycles. The van der Waals surface area contributed by atoms with Gasteiger partial charge in [0.1, 0.15) is 11.5 Å². The van der Waals surface area contributed by atoms with Gasteiger partial charge in [-0.2, -0.15) is 0 Å². The molecule has 0 aromatic heterocycles. The average molecular weight is 587 g/mol. The van der Waals surface area contributed by atoms with Crippen LogP contribution in [0.4, 0.5) is 5.69 Å². The lowest BCUT2D eigenvalue weighted by atomic mass is 9.99. The molecule has 1 aliphatic heterocycles. The molecule has 8 nitrogen and oxygen atoms in total. The van der Waals surface area contributed by atoms with E-state index in [2.05, 4.69) is 4.72 Å². The summed E-state index contributed by atoms with van der Waals surface area (Å²) in [6, 6.07) is 20.2. The second-order valence-electron chi connectivity index (χ2n) is 10.4. The van der Waals surface area contributed by atoms with Crippen molar-refractivity contribution in [1.82, 2.24) is 4.72 Å². The zero-order valence-electron chi connectivity index (χ0n) is 24.2. The topological polar surface area (TPSA) is 102 Å². The summed E-state index contributed by atoms with van der Waals surface area (Å²) in [5.41, 5.74) is 5.08. The third kappa shape index (κ3) is 5.83. The van der Waals surface area contributed by atoms with E-state index < -0.39 is 15.9 Å². The fraction of sp³-hybridized carbons (Fsp3) is 0.273. The van der Waals surface area contributed by atoms with Crippen LogP contribution in [0.25, 0.3) is 10.8 Å². The number of anilines is 1. The van der Waals surface area contributed by atoms with Crippen molar-refractivity contribution >= 4 is 38.3 Å². The smallest absolute Gasteiger partial charge is 0.262 e. The van der Waals surface area contributed by atoms with Crippen LogP contribution in [-0.2, 0) is 33.5 Å². The van der Waals surface area contributed by atoms with Crippen molar-refractivity contribution in [3.8, 4) is 11.5 Å². The fourth-order valence-corrected chi connectivity index (χ4v) is 6.50. The van der Waals surface area contributed by atoms with Gasteiger partial charge in [0, 0.05) is 22.0 Å². The lowest BCUT2D eigenvalue weighted by Gasteiger charge is -2.16. The Morgan fingerprint density at radius 2 is 1.55 bits per heavy atom. The van der Waals surface area contributed by atoms with Gasteiger partial charge in [0.15, 0.2) is 0 Å². The second-order valence-corrected chi connectivity index (χ2v) is 12.1. The molecule has 0 atom stereocenters. The molecule has 0 fully saturated rings. The second kappa shape index (κ2) is 11.9. The predicted octanol–water partition coefficient (Wildman–Crippen LogP) is 5.60. The number of nitrogens with one attached hydrogen (secondary N) is 1. The Kier molecular flexibility index (Phi) is 8.22. The summed E-state index contributed by atoms with van der Waals surface area (Å²) in [5, 5.41) is 1.70. The number of hydrogen-bond donors (Lipinski definition) is 1. The van der Waals surface area contributed by atoms with Gasteiger partial charge in [-0.1, -0.05) is 60.2 Å². The molecule has 1 heterocycles. The number of carbonyl (C=O) groups is 2. The Morgan fingerprint density at radius 1 is 0.905 bits per heavy atom. The molecule has 5 rings (SSSR count). The van der Waals surface area contributed by atoms with Crippen molar-refractivity contribution < 1.29 is 27.5 Å². The van der Waals surface area contributed by atoms with E-state index in [1.54, 1.807) is 29.2 Å². The molecule has 0 saturated heterocycles. The first-order valence-corrected chi connectivity index (χ1v) is 15.6. The van der Waals surface area contributed by atoms with Gasteiger partial charge >= 0.3 is 0 Å². The molecule has 9 heteroatoms. The minimum atomic E-state index is -3.92. The van der Waals surface area contributed by atoms with Crippen molar-refractivity contribution in [1.29, 1.82) is 0 Å². The number of fused-ring (bicyclic) bond motifs is 2. The number of benzene rings is 4. The summed E-state index contributed by atoms with van der Waals surface area (Å²) < 4.78 is 39.8. The summed E-state index contributed by atoms with van der Waals surface area (Å²) in [6.45, 7) is 8.75. The van der Waals surface area contributed by atoms with E-state index in [0.717, 1.165) is 33.0 Å². The van der Waals surface area contributed by atoms with Crippen molar-refractivity contribution in [2.24, 2.45) is 0 Å². The van der Waals surface area contributed by atoms with E-state index >= 15 is 0 Å². The molecule has 0 aliphatic carbocycles. The van der Waals surface area contributed by atoms with Crippen LogP contribution in [0.3, 0.4) is 0 Å². The van der Waals surface area contributed by atoms with Crippen molar-refractivity contribution in [3.05, 3.63) is 100 Å². The SMILES string of the molecule is CCOc1c2c(c(OCC)c3ccccc13)C(=O)N(c1ccc(CS(=O)(=O)NC(=O)Cc3cc(C)ccc3C)cc1)C2. The summed E-state index contributed by atoms with van der Waals surface area (Å²) in [7, 11) is -3.92. The summed E-state index contributed by atoms with van der Waals surface area (Å²) in [4.78, 5) is 27.9. The maximum Gasteiger partial charge on any atom is 0.262 e. The number of sulfonamides is 1. The molecule has 0 unspecified atom stereocenters. The van der Waals surface area contributed by atoms with E-state index in [1.165, 1.54) is 0 Å². The average Bonchev–Trinajstić information content (AvgIpc) is 3.29. The Labute approximate surface area is 246 Å². The van der Waals surface area contributed by atoms with Crippen LogP contribution in [0, 0.1) is 13.8 Å². The number of carbonyl (C=O) groups excluding carboxylic acids is 2. The van der Waals surface area contributed by atoms with Gasteiger partial charge in [-0.15, -0.1) is 0 Å².